The Labute approximate surface area is 83.1 Å². The molecule has 2 aromatic rings. The smallest absolute Gasteiger partial charge is 0.339 e. The van der Waals surface area contributed by atoms with Gasteiger partial charge in [-0.3, -0.25) is 0 Å². The number of aromatic carboxylic acids is 1. The van der Waals surface area contributed by atoms with Gasteiger partial charge in [0.15, 0.2) is 5.58 Å². The summed E-state index contributed by atoms with van der Waals surface area (Å²) < 4.78 is 4.94. The van der Waals surface area contributed by atoms with Crippen LogP contribution in [0.2, 0.25) is 5.02 Å². The minimum absolute atomic E-state index is 0.0447. The van der Waals surface area contributed by atoms with Gasteiger partial charge in [0.2, 0.25) is 0 Å². The van der Waals surface area contributed by atoms with Gasteiger partial charge in [0, 0.05) is 5.02 Å². The predicted molar refractivity (Wildman–Crippen MR) is 50.4 cm³/mol. The molecule has 0 aliphatic carbocycles. The molecule has 1 aromatic heterocycles. The molecule has 6 heteroatoms. The lowest BCUT2D eigenvalue weighted by Gasteiger charge is -1.95. The summed E-state index contributed by atoms with van der Waals surface area (Å²) in [5.41, 5.74) is 5.73. The zero-order chi connectivity index (χ0) is 10.3. The van der Waals surface area contributed by atoms with Crippen molar-refractivity contribution in [1.29, 1.82) is 0 Å². The van der Waals surface area contributed by atoms with Gasteiger partial charge in [-0.1, -0.05) is 11.6 Å². The molecule has 0 aliphatic heterocycles. The number of oxazole rings is 1. The van der Waals surface area contributed by atoms with E-state index in [0.717, 1.165) is 0 Å². The number of nitrogens with two attached hydrogens (primary N) is 1. The van der Waals surface area contributed by atoms with Crippen molar-refractivity contribution in [3.8, 4) is 0 Å². The highest BCUT2D eigenvalue weighted by Crippen LogP contribution is 2.25. The van der Waals surface area contributed by atoms with E-state index in [1.807, 2.05) is 0 Å². The second kappa shape index (κ2) is 2.88. The molecule has 0 atom stereocenters. The maximum atomic E-state index is 10.8. The number of rotatable bonds is 1. The van der Waals surface area contributed by atoms with Crippen LogP contribution >= 0.6 is 11.6 Å². The van der Waals surface area contributed by atoms with Crippen LogP contribution in [0.15, 0.2) is 16.5 Å². The van der Waals surface area contributed by atoms with Gasteiger partial charge in [-0.25, -0.2) is 4.79 Å². The molecule has 0 bridgehead atoms. The molecule has 0 saturated carbocycles. The van der Waals surface area contributed by atoms with Crippen LogP contribution in [0, 0.1) is 0 Å². The molecular weight excluding hydrogens is 208 g/mol. The Morgan fingerprint density at radius 2 is 2.29 bits per heavy atom. The van der Waals surface area contributed by atoms with Crippen molar-refractivity contribution >= 4 is 34.7 Å². The summed E-state index contributed by atoms with van der Waals surface area (Å²) >= 11 is 5.69. The fourth-order valence-electron chi connectivity index (χ4n) is 1.17. The standard InChI is InChI=1S/C8H5ClN2O3/c9-3-1-4(7(12)13)6-5(2-3)11-8(10)14-6/h1-2H,(H2,10,11)(H,12,13). The van der Waals surface area contributed by atoms with Crippen LogP contribution < -0.4 is 5.73 Å². The van der Waals surface area contributed by atoms with Crippen LogP contribution in [0.3, 0.4) is 0 Å². The van der Waals surface area contributed by atoms with Crippen LogP contribution in [0.25, 0.3) is 11.1 Å². The molecule has 0 amide bonds. The van der Waals surface area contributed by atoms with Crippen molar-refractivity contribution in [2.45, 2.75) is 0 Å². The lowest BCUT2D eigenvalue weighted by atomic mass is 10.2. The Morgan fingerprint density at radius 3 is 2.93 bits per heavy atom. The number of aromatic nitrogens is 1. The summed E-state index contributed by atoms with van der Waals surface area (Å²) in [4.78, 5) is 14.6. The van der Waals surface area contributed by atoms with Gasteiger partial charge in [-0.2, -0.15) is 4.98 Å². The molecule has 1 heterocycles. The second-order valence-corrected chi connectivity index (χ2v) is 3.10. The van der Waals surface area contributed by atoms with Crippen LogP contribution in [-0.4, -0.2) is 16.1 Å². The fourth-order valence-corrected chi connectivity index (χ4v) is 1.39. The first-order valence-corrected chi connectivity index (χ1v) is 4.04. The molecule has 5 nitrogen and oxygen atoms in total. The van der Waals surface area contributed by atoms with E-state index < -0.39 is 5.97 Å². The first-order valence-electron chi connectivity index (χ1n) is 3.67. The van der Waals surface area contributed by atoms with E-state index in [9.17, 15) is 4.79 Å². The van der Waals surface area contributed by atoms with Crippen molar-refractivity contribution in [3.63, 3.8) is 0 Å². The Morgan fingerprint density at radius 1 is 1.57 bits per heavy atom. The van der Waals surface area contributed by atoms with Gasteiger partial charge in [0.25, 0.3) is 6.01 Å². The third-order valence-electron chi connectivity index (χ3n) is 1.70. The third kappa shape index (κ3) is 1.27. The largest absolute Gasteiger partial charge is 0.478 e. The molecule has 0 unspecified atom stereocenters. The molecule has 0 aliphatic rings. The quantitative estimate of drug-likeness (QED) is 0.752. The number of carboxylic acids is 1. The number of benzene rings is 1. The molecule has 3 N–H and O–H groups in total. The second-order valence-electron chi connectivity index (χ2n) is 2.66. The number of nitrogens with zero attached hydrogens (tertiary/aromatic N) is 1. The number of anilines is 1. The van der Waals surface area contributed by atoms with Crippen molar-refractivity contribution in [2.75, 3.05) is 5.73 Å². The Balaban J connectivity index is 2.85. The van der Waals surface area contributed by atoms with E-state index >= 15 is 0 Å². The van der Waals surface area contributed by atoms with Crippen LogP contribution in [0.4, 0.5) is 6.01 Å². The van der Waals surface area contributed by atoms with Crippen LogP contribution in [-0.2, 0) is 0 Å². The maximum absolute atomic E-state index is 10.8. The number of hydrogen-bond acceptors (Lipinski definition) is 4. The van der Waals surface area contributed by atoms with Gasteiger partial charge in [0.1, 0.15) is 11.1 Å². The molecule has 0 spiro atoms. The number of carboxylic acid groups (broad SMARTS) is 1. The van der Waals surface area contributed by atoms with Crippen molar-refractivity contribution < 1.29 is 14.3 Å². The van der Waals surface area contributed by atoms with Crippen molar-refractivity contribution in [3.05, 3.63) is 22.7 Å². The third-order valence-corrected chi connectivity index (χ3v) is 1.92. The van der Waals surface area contributed by atoms with Crippen LogP contribution in [0.5, 0.6) is 0 Å². The highest BCUT2D eigenvalue weighted by Gasteiger charge is 2.15. The lowest BCUT2D eigenvalue weighted by Crippen LogP contribution is -1.96. The summed E-state index contributed by atoms with van der Waals surface area (Å²) in [6.45, 7) is 0. The average Bonchev–Trinajstić information content (AvgIpc) is 2.42. The van der Waals surface area contributed by atoms with Crippen molar-refractivity contribution in [2.24, 2.45) is 0 Å². The lowest BCUT2D eigenvalue weighted by molar-refractivity contribution is 0.0698. The van der Waals surface area contributed by atoms with E-state index in [4.69, 9.17) is 26.9 Å². The van der Waals surface area contributed by atoms with Crippen LogP contribution in [0.1, 0.15) is 10.4 Å². The molecular formula is C8H5ClN2O3. The predicted octanol–water partition coefficient (Wildman–Crippen LogP) is 1.76. The Kier molecular flexibility index (Phi) is 1.82. The molecule has 14 heavy (non-hydrogen) atoms. The number of carbonyl (C=O) groups is 1. The van der Waals surface area contributed by atoms with E-state index in [0.29, 0.717) is 5.52 Å². The molecule has 2 rings (SSSR count). The highest BCUT2D eigenvalue weighted by molar-refractivity contribution is 6.31. The number of fused-ring (bicyclic) bond motifs is 1. The summed E-state index contributed by atoms with van der Waals surface area (Å²) in [5, 5.41) is 9.11. The molecule has 0 fully saturated rings. The zero-order valence-electron chi connectivity index (χ0n) is 6.82. The van der Waals surface area contributed by atoms with E-state index in [2.05, 4.69) is 4.98 Å². The first-order chi connectivity index (χ1) is 6.58. The summed E-state index contributed by atoms with van der Waals surface area (Å²) in [5.74, 6) is -1.13. The summed E-state index contributed by atoms with van der Waals surface area (Å²) in [7, 11) is 0. The Bertz CT molecular complexity index is 521. The van der Waals surface area contributed by atoms with Gasteiger partial charge < -0.3 is 15.3 Å². The summed E-state index contributed by atoms with van der Waals surface area (Å²) in [6.07, 6.45) is 0. The normalized spacial score (nSPS) is 10.6. The summed E-state index contributed by atoms with van der Waals surface area (Å²) in [6, 6.07) is 2.70. The number of hydrogen-bond donors (Lipinski definition) is 2. The maximum Gasteiger partial charge on any atom is 0.339 e. The van der Waals surface area contributed by atoms with E-state index in [-0.39, 0.29) is 22.2 Å². The van der Waals surface area contributed by atoms with Gasteiger partial charge in [-0.15, -0.1) is 0 Å². The number of halogens is 1. The molecule has 1 aromatic carbocycles. The van der Waals surface area contributed by atoms with Crippen molar-refractivity contribution in [1.82, 2.24) is 4.98 Å². The van der Waals surface area contributed by atoms with Gasteiger partial charge >= 0.3 is 5.97 Å². The average molecular weight is 213 g/mol. The van der Waals surface area contributed by atoms with Gasteiger partial charge in [-0.05, 0) is 12.1 Å². The molecule has 72 valence electrons. The zero-order valence-corrected chi connectivity index (χ0v) is 7.58. The SMILES string of the molecule is Nc1nc2cc(Cl)cc(C(=O)O)c2o1. The fraction of sp³-hybridized carbons (Fsp3) is 0. The monoisotopic (exact) mass is 212 g/mol. The number of nitrogen functional groups attached to an aromatic ring is 1. The molecule has 0 radical (unpaired) electrons. The minimum atomic E-state index is -1.13. The van der Waals surface area contributed by atoms with E-state index in [1.165, 1.54) is 12.1 Å². The van der Waals surface area contributed by atoms with E-state index in [1.54, 1.807) is 0 Å². The van der Waals surface area contributed by atoms with Gasteiger partial charge in [0.05, 0.1) is 0 Å². The minimum Gasteiger partial charge on any atom is -0.478 e. The Hall–Kier alpha value is -1.75. The first kappa shape index (κ1) is 8.83. The topological polar surface area (TPSA) is 89.3 Å². The highest BCUT2D eigenvalue weighted by atomic mass is 35.5. The molecule has 0 saturated heterocycles.